The van der Waals surface area contributed by atoms with E-state index in [2.05, 4.69) is 10.3 Å². The van der Waals surface area contributed by atoms with Gasteiger partial charge in [-0.15, -0.1) is 0 Å². The van der Waals surface area contributed by atoms with Gasteiger partial charge in [-0.3, -0.25) is 9.78 Å². The van der Waals surface area contributed by atoms with Crippen LogP contribution in [0.5, 0.6) is 5.75 Å². The molecule has 1 amide bonds. The molecule has 6 rings (SSSR count). The number of nitrogens with one attached hydrogen (secondary N) is 1. The second kappa shape index (κ2) is 7.93. The number of amides is 1. The van der Waals surface area contributed by atoms with Crippen LogP contribution in [0.1, 0.15) is 39.4 Å². The highest BCUT2D eigenvalue weighted by molar-refractivity contribution is 6.34. The van der Waals surface area contributed by atoms with E-state index in [1.54, 1.807) is 43.5 Å². The molecule has 4 aromatic rings. The standard InChI is InChI=1S/C29H21ClN2O4/c1-15-6-7-16(10-19(15)27(34)35)22-13-29(22)21-11-20(23(30)12-25(21)32-28(29)36)24-9-8-17(14-31-24)18-4-2-3-5-26(18)33/h2-12,14,22,33H,13H2,1H3,(H,32,36)(H,34,35). The van der Waals surface area contributed by atoms with Crippen molar-refractivity contribution in [2.45, 2.75) is 24.7 Å². The summed E-state index contributed by atoms with van der Waals surface area (Å²) in [5.41, 5.74) is 5.35. The number of phenols is 1. The number of hydrogen-bond donors (Lipinski definition) is 3. The number of nitrogens with zero attached hydrogens (tertiary/aromatic N) is 1. The van der Waals surface area contributed by atoms with E-state index in [0.717, 1.165) is 16.7 Å². The van der Waals surface area contributed by atoms with Crippen LogP contribution in [0.25, 0.3) is 22.4 Å². The average molecular weight is 497 g/mol. The van der Waals surface area contributed by atoms with Gasteiger partial charge in [0.15, 0.2) is 0 Å². The molecular weight excluding hydrogens is 476 g/mol. The Morgan fingerprint density at radius 3 is 2.61 bits per heavy atom. The molecule has 2 heterocycles. The van der Waals surface area contributed by atoms with Gasteiger partial charge in [-0.05, 0) is 60.4 Å². The number of para-hydroxylation sites is 1. The number of aromatic nitrogens is 1. The minimum atomic E-state index is -0.979. The van der Waals surface area contributed by atoms with Crippen molar-refractivity contribution in [2.75, 3.05) is 5.32 Å². The van der Waals surface area contributed by atoms with E-state index in [1.165, 1.54) is 0 Å². The van der Waals surface area contributed by atoms with Crippen molar-refractivity contribution in [3.63, 3.8) is 0 Å². The minimum absolute atomic E-state index is 0.101. The number of anilines is 1. The number of hydrogen-bond acceptors (Lipinski definition) is 4. The Labute approximate surface area is 212 Å². The van der Waals surface area contributed by atoms with Gasteiger partial charge in [0.2, 0.25) is 5.91 Å². The van der Waals surface area contributed by atoms with E-state index in [4.69, 9.17) is 11.6 Å². The van der Waals surface area contributed by atoms with E-state index in [-0.39, 0.29) is 23.1 Å². The van der Waals surface area contributed by atoms with Crippen LogP contribution in [-0.4, -0.2) is 27.1 Å². The Balaban J connectivity index is 1.38. The number of carboxylic acids is 1. The Hall–Kier alpha value is -4.16. The first kappa shape index (κ1) is 22.3. The molecule has 0 saturated heterocycles. The number of phenolic OH excluding ortho intramolecular Hbond substituents is 1. The second-order valence-electron chi connectivity index (χ2n) is 9.39. The Kier molecular flexibility index (Phi) is 4.92. The molecule has 2 aliphatic rings. The molecule has 1 fully saturated rings. The molecule has 1 aliphatic heterocycles. The highest BCUT2D eigenvalue weighted by Crippen LogP contribution is 2.65. The molecule has 178 valence electrons. The lowest BCUT2D eigenvalue weighted by molar-refractivity contribution is -0.118. The lowest BCUT2D eigenvalue weighted by atomic mass is 9.89. The number of aromatic carboxylic acids is 1. The number of benzene rings is 3. The first-order valence-corrected chi connectivity index (χ1v) is 11.9. The van der Waals surface area contributed by atoms with Gasteiger partial charge in [0.25, 0.3) is 0 Å². The topological polar surface area (TPSA) is 99.5 Å². The molecule has 36 heavy (non-hydrogen) atoms. The van der Waals surface area contributed by atoms with Gasteiger partial charge >= 0.3 is 5.97 Å². The van der Waals surface area contributed by atoms with Gasteiger partial charge in [-0.2, -0.15) is 0 Å². The minimum Gasteiger partial charge on any atom is -0.507 e. The fourth-order valence-electron chi connectivity index (χ4n) is 5.33. The van der Waals surface area contributed by atoms with Crippen LogP contribution in [0.2, 0.25) is 5.02 Å². The first-order chi connectivity index (χ1) is 17.3. The Morgan fingerprint density at radius 1 is 1.08 bits per heavy atom. The molecular formula is C29H21ClN2O4. The molecule has 6 nitrogen and oxygen atoms in total. The predicted molar refractivity (Wildman–Crippen MR) is 138 cm³/mol. The van der Waals surface area contributed by atoms with Crippen molar-refractivity contribution >= 4 is 29.2 Å². The SMILES string of the molecule is Cc1ccc(C2CC23C(=O)Nc2cc(Cl)c(-c4ccc(-c5ccccc5O)cn4)cc23)cc1C(=O)O. The smallest absolute Gasteiger partial charge is 0.335 e. The number of rotatable bonds is 4. The van der Waals surface area contributed by atoms with Gasteiger partial charge in [0.1, 0.15) is 5.75 Å². The number of carbonyl (C=O) groups excluding carboxylic acids is 1. The van der Waals surface area contributed by atoms with Crippen molar-refractivity contribution in [3.05, 3.63) is 100 Å². The van der Waals surface area contributed by atoms with Crippen molar-refractivity contribution < 1.29 is 19.8 Å². The molecule has 7 heteroatoms. The van der Waals surface area contributed by atoms with Crippen LogP contribution in [0.3, 0.4) is 0 Å². The summed E-state index contributed by atoms with van der Waals surface area (Å²) in [6.07, 6.45) is 2.28. The van der Waals surface area contributed by atoms with Crippen LogP contribution in [0.15, 0.2) is 72.9 Å². The van der Waals surface area contributed by atoms with Crippen molar-refractivity contribution in [2.24, 2.45) is 0 Å². The molecule has 1 saturated carbocycles. The van der Waals surface area contributed by atoms with Crippen LogP contribution in [0, 0.1) is 6.92 Å². The van der Waals surface area contributed by atoms with E-state index < -0.39 is 11.4 Å². The predicted octanol–water partition coefficient (Wildman–Crippen LogP) is 6.16. The molecule has 0 bridgehead atoms. The summed E-state index contributed by atoms with van der Waals surface area (Å²) in [6.45, 7) is 1.76. The number of aryl methyl sites for hydroxylation is 1. The van der Waals surface area contributed by atoms with Crippen LogP contribution in [-0.2, 0) is 10.2 Å². The summed E-state index contributed by atoms with van der Waals surface area (Å²) in [5, 5.41) is 23.1. The third-order valence-electron chi connectivity index (χ3n) is 7.35. The first-order valence-electron chi connectivity index (χ1n) is 11.5. The van der Waals surface area contributed by atoms with Crippen molar-refractivity contribution in [3.8, 4) is 28.1 Å². The van der Waals surface area contributed by atoms with Crippen LogP contribution >= 0.6 is 11.6 Å². The highest BCUT2D eigenvalue weighted by atomic mass is 35.5. The largest absolute Gasteiger partial charge is 0.507 e. The summed E-state index contributed by atoms with van der Waals surface area (Å²) < 4.78 is 0. The molecule has 0 radical (unpaired) electrons. The Bertz CT molecular complexity index is 1580. The normalized spacial score (nSPS) is 19.7. The summed E-state index contributed by atoms with van der Waals surface area (Å²) >= 11 is 6.62. The van der Waals surface area contributed by atoms with Gasteiger partial charge in [0, 0.05) is 34.5 Å². The molecule has 1 spiro atoms. The zero-order chi connectivity index (χ0) is 25.2. The van der Waals surface area contributed by atoms with Gasteiger partial charge in [0.05, 0.1) is 21.7 Å². The molecule has 3 N–H and O–H groups in total. The third-order valence-corrected chi connectivity index (χ3v) is 7.66. The quantitative estimate of drug-likeness (QED) is 0.314. The monoisotopic (exact) mass is 496 g/mol. The molecule has 1 aromatic heterocycles. The average Bonchev–Trinajstić information content (AvgIpc) is 3.55. The van der Waals surface area contributed by atoms with Crippen LogP contribution < -0.4 is 5.32 Å². The fourth-order valence-corrected chi connectivity index (χ4v) is 5.59. The maximum absolute atomic E-state index is 13.2. The maximum Gasteiger partial charge on any atom is 0.335 e. The van der Waals surface area contributed by atoms with Gasteiger partial charge < -0.3 is 15.5 Å². The lowest BCUT2D eigenvalue weighted by Crippen LogP contribution is -2.21. The number of carboxylic acid groups (broad SMARTS) is 1. The number of aromatic hydroxyl groups is 1. The van der Waals surface area contributed by atoms with Gasteiger partial charge in [-0.25, -0.2) is 4.79 Å². The van der Waals surface area contributed by atoms with E-state index in [0.29, 0.717) is 39.5 Å². The number of halogens is 1. The Morgan fingerprint density at radius 2 is 1.89 bits per heavy atom. The van der Waals surface area contributed by atoms with Crippen molar-refractivity contribution in [1.82, 2.24) is 4.98 Å². The van der Waals surface area contributed by atoms with E-state index in [1.807, 2.05) is 36.4 Å². The molecule has 3 aromatic carbocycles. The highest BCUT2D eigenvalue weighted by Gasteiger charge is 2.65. The van der Waals surface area contributed by atoms with E-state index in [9.17, 15) is 19.8 Å². The summed E-state index contributed by atoms with van der Waals surface area (Å²) in [4.78, 5) is 29.4. The van der Waals surface area contributed by atoms with Crippen LogP contribution in [0.4, 0.5) is 5.69 Å². The summed E-state index contributed by atoms with van der Waals surface area (Å²) in [7, 11) is 0. The molecule has 1 aliphatic carbocycles. The van der Waals surface area contributed by atoms with Gasteiger partial charge in [-0.1, -0.05) is 48.0 Å². The summed E-state index contributed by atoms with van der Waals surface area (Å²) in [6, 6.07) is 19.8. The zero-order valence-electron chi connectivity index (χ0n) is 19.2. The number of pyridine rings is 1. The maximum atomic E-state index is 13.2. The van der Waals surface area contributed by atoms with Crippen molar-refractivity contribution in [1.29, 1.82) is 0 Å². The molecule has 2 atom stereocenters. The lowest BCUT2D eigenvalue weighted by Gasteiger charge is -2.13. The number of fused-ring (bicyclic) bond motifs is 2. The van der Waals surface area contributed by atoms with E-state index >= 15 is 0 Å². The fraction of sp³-hybridized carbons (Fsp3) is 0.138. The number of carbonyl (C=O) groups is 2. The third kappa shape index (κ3) is 3.29. The second-order valence-corrected chi connectivity index (χ2v) is 9.80. The zero-order valence-corrected chi connectivity index (χ0v) is 20.0. The summed E-state index contributed by atoms with van der Waals surface area (Å²) in [5.74, 6) is -1.03. The molecule has 2 unspecified atom stereocenters.